The number of nitrogens with zero attached hydrogens (tertiary/aromatic N) is 1. The summed E-state index contributed by atoms with van der Waals surface area (Å²) in [6, 6.07) is 11.7. The van der Waals surface area contributed by atoms with Gasteiger partial charge in [-0.1, -0.05) is 18.2 Å². The lowest BCUT2D eigenvalue weighted by atomic mass is 10.2. The summed E-state index contributed by atoms with van der Waals surface area (Å²) in [5, 5.41) is 2.19. The Morgan fingerprint density at radius 3 is 2.59 bits per heavy atom. The van der Waals surface area contributed by atoms with Crippen molar-refractivity contribution in [1.29, 1.82) is 0 Å². The van der Waals surface area contributed by atoms with Gasteiger partial charge < -0.3 is 14.5 Å². The predicted octanol–water partition coefficient (Wildman–Crippen LogP) is 3.72. The molecule has 27 heavy (non-hydrogen) atoms. The van der Waals surface area contributed by atoms with Gasteiger partial charge in [-0.3, -0.25) is 4.79 Å². The number of aromatic nitrogens is 1. The fourth-order valence-electron chi connectivity index (χ4n) is 2.27. The maximum atomic E-state index is 13.5. The molecule has 0 spiro atoms. The van der Waals surface area contributed by atoms with E-state index in [1.165, 1.54) is 0 Å². The lowest BCUT2D eigenvalue weighted by Gasteiger charge is -2.06. The van der Waals surface area contributed by atoms with Crippen LogP contribution in [0.15, 0.2) is 52.9 Å². The normalized spacial score (nSPS) is 10.5. The number of nitrogens with one attached hydrogen (secondary N) is 1. The average Bonchev–Trinajstić information content (AvgIpc) is 3.05. The van der Waals surface area contributed by atoms with Gasteiger partial charge >= 0.3 is 5.97 Å². The number of halogens is 2. The Bertz CT molecular complexity index is 987. The molecular formula is C19H14F2N2O4. The van der Waals surface area contributed by atoms with Crippen LogP contribution in [0.5, 0.6) is 0 Å². The smallest absolute Gasteiger partial charge is 0.361 e. The Labute approximate surface area is 152 Å². The van der Waals surface area contributed by atoms with Gasteiger partial charge in [0, 0.05) is 11.6 Å². The van der Waals surface area contributed by atoms with Gasteiger partial charge in [-0.25, -0.2) is 18.6 Å². The van der Waals surface area contributed by atoms with Crippen LogP contribution in [0, 0.1) is 18.6 Å². The molecule has 138 valence electrons. The van der Waals surface area contributed by atoms with Crippen LogP contribution < -0.4 is 5.32 Å². The lowest BCUT2D eigenvalue weighted by Crippen LogP contribution is -2.22. The number of anilines is 1. The molecule has 1 aromatic heterocycles. The van der Waals surface area contributed by atoms with Crippen LogP contribution >= 0.6 is 0 Å². The highest BCUT2D eigenvalue weighted by Gasteiger charge is 2.20. The van der Waals surface area contributed by atoms with Gasteiger partial charge in [0.2, 0.25) is 5.89 Å². The first kappa shape index (κ1) is 18.2. The second-order valence-electron chi connectivity index (χ2n) is 5.54. The third kappa shape index (κ3) is 4.35. The van der Waals surface area contributed by atoms with Crippen molar-refractivity contribution >= 4 is 17.6 Å². The number of rotatable bonds is 5. The van der Waals surface area contributed by atoms with E-state index in [-0.39, 0.29) is 23.0 Å². The molecule has 0 radical (unpaired) electrons. The summed E-state index contributed by atoms with van der Waals surface area (Å²) in [5.41, 5.74) is 0.403. The third-order valence-corrected chi connectivity index (χ3v) is 3.55. The number of carbonyl (C=O) groups is 2. The summed E-state index contributed by atoms with van der Waals surface area (Å²) < 4.78 is 36.7. The van der Waals surface area contributed by atoms with Gasteiger partial charge in [0.25, 0.3) is 5.91 Å². The van der Waals surface area contributed by atoms with Crippen molar-refractivity contribution in [2.24, 2.45) is 0 Å². The van der Waals surface area contributed by atoms with Gasteiger partial charge in [-0.2, -0.15) is 0 Å². The minimum atomic E-state index is -0.936. The highest BCUT2D eigenvalue weighted by Crippen LogP contribution is 2.22. The molecular weight excluding hydrogens is 358 g/mol. The zero-order valence-corrected chi connectivity index (χ0v) is 14.2. The number of hydrogen-bond acceptors (Lipinski definition) is 5. The summed E-state index contributed by atoms with van der Waals surface area (Å²) in [6.07, 6.45) is 0. The summed E-state index contributed by atoms with van der Waals surface area (Å²) in [4.78, 5) is 28.0. The highest BCUT2D eigenvalue weighted by molar-refractivity contribution is 5.95. The van der Waals surface area contributed by atoms with Crippen LogP contribution in [0.2, 0.25) is 0 Å². The van der Waals surface area contributed by atoms with E-state index >= 15 is 0 Å². The summed E-state index contributed by atoms with van der Waals surface area (Å²) in [7, 11) is 0. The Hall–Kier alpha value is -3.55. The molecule has 0 aliphatic heterocycles. The van der Waals surface area contributed by atoms with Crippen molar-refractivity contribution in [2.45, 2.75) is 6.92 Å². The molecule has 0 bridgehead atoms. The molecule has 3 rings (SSSR count). The van der Waals surface area contributed by atoms with E-state index in [4.69, 9.17) is 9.15 Å². The van der Waals surface area contributed by atoms with Gasteiger partial charge in [-0.15, -0.1) is 0 Å². The molecule has 0 saturated carbocycles. The topological polar surface area (TPSA) is 81.4 Å². The van der Waals surface area contributed by atoms with Crippen molar-refractivity contribution in [1.82, 2.24) is 4.98 Å². The Morgan fingerprint density at radius 1 is 1.15 bits per heavy atom. The van der Waals surface area contributed by atoms with Crippen LogP contribution in [0.4, 0.5) is 14.5 Å². The van der Waals surface area contributed by atoms with Crippen LogP contribution in [0.25, 0.3) is 11.5 Å². The second-order valence-corrected chi connectivity index (χ2v) is 5.54. The molecule has 0 atom stereocenters. The van der Waals surface area contributed by atoms with Crippen LogP contribution in [-0.4, -0.2) is 23.5 Å². The van der Waals surface area contributed by atoms with E-state index in [0.717, 1.165) is 12.1 Å². The Balaban J connectivity index is 1.62. The van der Waals surface area contributed by atoms with Gasteiger partial charge in [0.15, 0.2) is 12.3 Å². The first-order valence-corrected chi connectivity index (χ1v) is 7.89. The summed E-state index contributed by atoms with van der Waals surface area (Å²) in [5.74, 6) is -2.85. The molecule has 0 aliphatic carbocycles. The first-order chi connectivity index (χ1) is 12.9. The quantitative estimate of drug-likeness (QED) is 0.691. The Kier molecular flexibility index (Phi) is 5.25. The van der Waals surface area contributed by atoms with Crippen LogP contribution in [0.3, 0.4) is 0 Å². The second kappa shape index (κ2) is 7.77. The Morgan fingerprint density at radius 2 is 1.89 bits per heavy atom. The van der Waals surface area contributed by atoms with Crippen molar-refractivity contribution < 1.29 is 27.5 Å². The summed E-state index contributed by atoms with van der Waals surface area (Å²) in [6.45, 7) is 0.882. The van der Waals surface area contributed by atoms with E-state index in [9.17, 15) is 18.4 Å². The number of benzene rings is 2. The maximum absolute atomic E-state index is 13.5. The van der Waals surface area contributed by atoms with E-state index in [2.05, 4.69) is 10.3 Å². The first-order valence-electron chi connectivity index (χ1n) is 7.89. The highest BCUT2D eigenvalue weighted by atomic mass is 19.1. The number of carbonyl (C=O) groups excluding carboxylic acids is 2. The van der Waals surface area contributed by atoms with Crippen molar-refractivity contribution in [3.05, 3.63) is 71.6 Å². The molecule has 1 N–H and O–H groups in total. The maximum Gasteiger partial charge on any atom is 0.361 e. The third-order valence-electron chi connectivity index (χ3n) is 3.55. The molecule has 6 nitrogen and oxygen atoms in total. The van der Waals surface area contributed by atoms with Gasteiger partial charge in [-0.05, 0) is 31.2 Å². The monoisotopic (exact) mass is 372 g/mol. The van der Waals surface area contributed by atoms with Gasteiger partial charge in [0.05, 0.1) is 5.69 Å². The fraction of sp³-hybridized carbons (Fsp3) is 0.105. The molecule has 3 aromatic rings. The molecule has 2 aromatic carbocycles. The summed E-state index contributed by atoms with van der Waals surface area (Å²) >= 11 is 0. The molecule has 0 fully saturated rings. The fourth-order valence-corrected chi connectivity index (χ4v) is 2.27. The van der Waals surface area contributed by atoms with E-state index < -0.39 is 30.1 Å². The van der Waals surface area contributed by atoms with E-state index in [1.807, 2.05) is 6.07 Å². The predicted molar refractivity (Wildman–Crippen MR) is 91.9 cm³/mol. The lowest BCUT2D eigenvalue weighted by molar-refractivity contribution is -0.119. The van der Waals surface area contributed by atoms with Gasteiger partial charge in [0.1, 0.15) is 17.4 Å². The molecule has 1 amide bonds. The van der Waals surface area contributed by atoms with Crippen molar-refractivity contribution in [3.63, 3.8) is 0 Å². The molecule has 1 heterocycles. The minimum absolute atomic E-state index is 0.0605. The number of hydrogen-bond donors (Lipinski definition) is 1. The van der Waals surface area contributed by atoms with Crippen LogP contribution in [-0.2, 0) is 9.53 Å². The molecule has 0 unspecified atom stereocenters. The molecule has 8 heteroatoms. The SMILES string of the molecule is Cc1oc(-c2ccccc2)nc1C(=O)OCC(=O)Nc1ccc(F)cc1F. The number of esters is 1. The van der Waals surface area contributed by atoms with E-state index in [0.29, 0.717) is 11.6 Å². The molecule has 0 aliphatic rings. The van der Waals surface area contributed by atoms with Crippen LogP contribution in [0.1, 0.15) is 16.2 Å². The standard InChI is InChI=1S/C19H14F2N2O4/c1-11-17(23-18(27-11)12-5-3-2-4-6-12)19(25)26-10-16(24)22-15-8-7-13(20)9-14(15)21/h2-9H,10H2,1H3,(H,22,24). The van der Waals surface area contributed by atoms with E-state index in [1.54, 1.807) is 31.2 Å². The van der Waals surface area contributed by atoms with Crippen molar-refractivity contribution in [3.8, 4) is 11.5 Å². The van der Waals surface area contributed by atoms with Crippen molar-refractivity contribution in [2.75, 3.05) is 11.9 Å². The average molecular weight is 372 g/mol. The number of ether oxygens (including phenoxy) is 1. The zero-order chi connectivity index (χ0) is 19.4. The molecule has 0 saturated heterocycles. The zero-order valence-electron chi connectivity index (χ0n) is 14.2. The number of amides is 1. The minimum Gasteiger partial charge on any atom is -0.451 e. The largest absolute Gasteiger partial charge is 0.451 e. The number of oxazole rings is 1. The number of aryl methyl sites for hydroxylation is 1.